The van der Waals surface area contributed by atoms with E-state index in [4.69, 9.17) is 4.74 Å². The Kier molecular flexibility index (Phi) is 4.80. The average Bonchev–Trinajstić information content (AvgIpc) is 3.41. The Labute approximate surface area is 156 Å². The Hall–Kier alpha value is -2.91. The third kappa shape index (κ3) is 3.68. The Morgan fingerprint density at radius 1 is 1.15 bits per heavy atom. The number of aromatic nitrogens is 5. The van der Waals surface area contributed by atoms with E-state index in [2.05, 4.69) is 20.5 Å². The van der Waals surface area contributed by atoms with Crippen molar-refractivity contribution in [1.29, 1.82) is 0 Å². The van der Waals surface area contributed by atoms with Crippen molar-refractivity contribution in [3.05, 3.63) is 64.1 Å². The number of thiazole rings is 1. The molecule has 1 aromatic carbocycles. The topological polar surface area (TPSA) is 82.8 Å². The summed E-state index contributed by atoms with van der Waals surface area (Å²) < 4.78 is 6.86. The summed E-state index contributed by atoms with van der Waals surface area (Å²) in [6, 6.07) is 11.5. The maximum Gasteiger partial charge on any atom is 0.312 e. The van der Waals surface area contributed by atoms with Crippen LogP contribution < -0.4 is 0 Å². The predicted octanol–water partition coefficient (Wildman–Crippen LogP) is 3.13. The molecule has 0 aliphatic rings. The molecule has 0 amide bonds. The zero-order valence-electron chi connectivity index (χ0n) is 13.5. The van der Waals surface area contributed by atoms with Gasteiger partial charge in [0.1, 0.15) is 5.01 Å². The summed E-state index contributed by atoms with van der Waals surface area (Å²) in [6.07, 6.45) is 0.119. The summed E-state index contributed by atoms with van der Waals surface area (Å²) in [5.41, 5.74) is 2.58. The van der Waals surface area contributed by atoms with Gasteiger partial charge in [0, 0.05) is 16.3 Å². The smallest absolute Gasteiger partial charge is 0.312 e. The van der Waals surface area contributed by atoms with E-state index in [9.17, 15) is 4.79 Å². The first-order valence-corrected chi connectivity index (χ1v) is 9.57. The van der Waals surface area contributed by atoms with Gasteiger partial charge in [-0.05, 0) is 34.0 Å². The van der Waals surface area contributed by atoms with E-state index < -0.39 is 0 Å². The van der Waals surface area contributed by atoms with Crippen LogP contribution in [0, 0.1) is 0 Å². The normalized spacial score (nSPS) is 10.8. The molecule has 7 nitrogen and oxygen atoms in total. The maximum atomic E-state index is 12.1. The minimum absolute atomic E-state index is 0.00223. The third-order valence-corrected chi connectivity index (χ3v) is 5.17. The minimum Gasteiger partial charge on any atom is -0.457 e. The number of esters is 1. The van der Waals surface area contributed by atoms with Crippen molar-refractivity contribution in [2.75, 3.05) is 0 Å². The molecule has 0 aliphatic heterocycles. The highest BCUT2D eigenvalue weighted by atomic mass is 32.1. The molecule has 3 heterocycles. The summed E-state index contributed by atoms with van der Waals surface area (Å²) >= 11 is 3.13. The standard InChI is InChI=1S/C17H13N5O2S2/c23-16(8-13-11-26-17(18-13)12-6-7-25-10-12)24-9-15-19-20-21-22(15)14-4-2-1-3-5-14/h1-7,10-11H,8-9H2. The highest BCUT2D eigenvalue weighted by Gasteiger charge is 2.13. The summed E-state index contributed by atoms with van der Waals surface area (Å²) in [6.45, 7) is 0.00223. The van der Waals surface area contributed by atoms with Crippen LogP contribution in [0.3, 0.4) is 0 Å². The fraction of sp³-hybridized carbons (Fsp3) is 0.118. The van der Waals surface area contributed by atoms with E-state index in [1.54, 1.807) is 16.0 Å². The number of nitrogens with zero attached hydrogens (tertiary/aromatic N) is 5. The summed E-state index contributed by atoms with van der Waals surface area (Å²) in [7, 11) is 0. The first kappa shape index (κ1) is 16.6. The molecule has 0 saturated heterocycles. The van der Waals surface area contributed by atoms with Crippen LogP contribution in [-0.2, 0) is 22.6 Å². The Morgan fingerprint density at radius 2 is 2.04 bits per heavy atom. The molecule has 0 bridgehead atoms. The van der Waals surface area contributed by atoms with Crippen LogP contribution in [-0.4, -0.2) is 31.2 Å². The molecule has 0 aliphatic carbocycles. The number of carbonyl (C=O) groups is 1. The molecule has 0 atom stereocenters. The van der Waals surface area contributed by atoms with Gasteiger partial charge in [-0.15, -0.1) is 16.4 Å². The van der Waals surface area contributed by atoms with Crippen molar-refractivity contribution in [2.24, 2.45) is 0 Å². The highest BCUT2D eigenvalue weighted by molar-refractivity contribution is 7.14. The van der Waals surface area contributed by atoms with Crippen LogP contribution in [0.25, 0.3) is 16.3 Å². The molecule has 3 aromatic heterocycles. The lowest BCUT2D eigenvalue weighted by Crippen LogP contribution is -2.11. The molecular formula is C17H13N5O2S2. The molecular weight excluding hydrogens is 370 g/mol. The number of tetrazole rings is 1. The van der Waals surface area contributed by atoms with Crippen LogP contribution in [0.2, 0.25) is 0 Å². The van der Waals surface area contributed by atoms with Gasteiger partial charge in [-0.25, -0.2) is 4.98 Å². The van der Waals surface area contributed by atoms with E-state index >= 15 is 0 Å². The van der Waals surface area contributed by atoms with Crippen LogP contribution in [0.5, 0.6) is 0 Å². The van der Waals surface area contributed by atoms with Crippen LogP contribution in [0.4, 0.5) is 0 Å². The Balaban J connectivity index is 1.37. The van der Waals surface area contributed by atoms with Crippen LogP contribution in [0.15, 0.2) is 52.5 Å². The second-order valence-electron chi connectivity index (χ2n) is 5.34. The monoisotopic (exact) mass is 383 g/mol. The predicted molar refractivity (Wildman–Crippen MR) is 98.1 cm³/mol. The number of carbonyl (C=O) groups excluding carboxylic acids is 1. The van der Waals surface area contributed by atoms with Gasteiger partial charge >= 0.3 is 5.97 Å². The number of benzene rings is 1. The van der Waals surface area contributed by atoms with Gasteiger partial charge in [-0.1, -0.05) is 18.2 Å². The van der Waals surface area contributed by atoms with Crippen molar-refractivity contribution in [3.8, 4) is 16.3 Å². The Bertz CT molecular complexity index is 995. The molecule has 4 rings (SSSR count). The second-order valence-corrected chi connectivity index (χ2v) is 6.97. The molecule has 130 valence electrons. The molecule has 0 N–H and O–H groups in total. The van der Waals surface area contributed by atoms with Crippen molar-refractivity contribution in [3.63, 3.8) is 0 Å². The first-order chi connectivity index (χ1) is 12.8. The van der Waals surface area contributed by atoms with Gasteiger partial charge in [0.15, 0.2) is 12.4 Å². The largest absolute Gasteiger partial charge is 0.457 e. The van der Waals surface area contributed by atoms with Crippen molar-refractivity contribution in [2.45, 2.75) is 13.0 Å². The molecule has 0 unspecified atom stereocenters. The second kappa shape index (κ2) is 7.54. The number of hydrogen-bond donors (Lipinski definition) is 0. The number of para-hydroxylation sites is 1. The van der Waals surface area contributed by atoms with E-state index in [1.807, 2.05) is 52.5 Å². The van der Waals surface area contributed by atoms with E-state index in [-0.39, 0.29) is 19.0 Å². The Morgan fingerprint density at radius 3 is 2.85 bits per heavy atom. The van der Waals surface area contributed by atoms with Crippen molar-refractivity contribution >= 4 is 28.6 Å². The fourth-order valence-electron chi connectivity index (χ4n) is 2.32. The number of ether oxygens (including phenoxy) is 1. The number of hydrogen-bond acceptors (Lipinski definition) is 8. The summed E-state index contributed by atoms with van der Waals surface area (Å²) in [5, 5.41) is 18.3. The SMILES string of the molecule is O=C(Cc1csc(-c2ccsc2)n1)OCc1nnnn1-c1ccccc1. The van der Waals surface area contributed by atoms with E-state index in [0.29, 0.717) is 11.5 Å². The highest BCUT2D eigenvalue weighted by Crippen LogP contribution is 2.25. The van der Waals surface area contributed by atoms with E-state index in [1.165, 1.54) is 11.3 Å². The molecule has 0 spiro atoms. The lowest BCUT2D eigenvalue weighted by molar-refractivity contribution is -0.144. The quantitative estimate of drug-likeness (QED) is 0.476. The van der Waals surface area contributed by atoms with Gasteiger partial charge in [0.2, 0.25) is 0 Å². The van der Waals surface area contributed by atoms with Crippen molar-refractivity contribution < 1.29 is 9.53 Å². The third-order valence-electron chi connectivity index (χ3n) is 3.54. The average molecular weight is 383 g/mol. The minimum atomic E-state index is -0.366. The van der Waals surface area contributed by atoms with Gasteiger partial charge in [-0.3, -0.25) is 4.79 Å². The molecule has 26 heavy (non-hydrogen) atoms. The zero-order chi connectivity index (χ0) is 17.8. The molecule has 0 saturated carbocycles. The maximum absolute atomic E-state index is 12.1. The molecule has 0 radical (unpaired) electrons. The van der Waals surface area contributed by atoms with Crippen LogP contribution in [0.1, 0.15) is 11.5 Å². The molecule has 0 fully saturated rings. The number of thiophene rings is 1. The summed E-state index contributed by atoms with van der Waals surface area (Å²) in [4.78, 5) is 16.6. The molecule has 4 aromatic rings. The van der Waals surface area contributed by atoms with Crippen LogP contribution >= 0.6 is 22.7 Å². The van der Waals surface area contributed by atoms with Gasteiger partial charge in [-0.2, -0.15) is 16.0 Å². The fourth-order valence-corrected chi connectivity index (χ4v) is 3.85. The lowest BCUT2D eigenvalue weighted by Gasteiger charge is -2.05. The lowest BCUT2D eigenvalue weighted by atomic mass is 10.3. The van der Waals surface area contributed by atoms with Gasteiger partial charge < -0.3 is 4.74 Å². The van der Waals surface area contributed by atoms with E-state index in [0.717, 1.165) is 16.3 Å². The summed E-state index contributed by atoms with van der Waals surface area (Å²) in [5.74, 6) is 0.0940. The molecule has 9 heteroatoms. The zero-order valence-corrected chi connectivity index (χ0v) is 15.1. The van der Waals surface area contributed by atoms with Gasteiger partial charge in [0.05, 0.1) is 17.8 Å². The van der Waals surface area contributed by atoms with Gasteiger partial charge in [0.25, 0.3) is 0 Å². The first-order valence-electron chi connectivity index (χ1n) is 7.75. The van der Waals surface area contributed by atoms with Crippen molar-refractivity contribution in [1.82, 2.24) is 25.2 Å². The number of rotatable bonds is 6.